The monoisotopic (exact) mass is 389 g/mol. The smallest absolute Gasteiger partial charge is 0.270 e. The molecule has 3 rings (SSSR count). The second kappa shape index (κ2) is 8.03. The number of hydrogen-bond donors (Lipinski definition) is 2. The number of carbonyl (C=O) groups excluding carboxylic acids is 2. The summed E-state index contributed by atoms with van der Waals surface area (Å²) in [6.45, 7) is 0.229. The van der Waals surface area contributed by atoms with Crippen LogP contribution in [0, 0.1) is 0 Å². The molecule has 2 heterocycles. The van der Waals surface area contributed by atoms with E-state index in [0.717, 1.165) is 0 Å². The number of anilines is 1. The third-order valence-corrected chi connectivity index (χ3v) is 4.17. The van der Waals surface area contributed by atoms with Gasteiger partial charge in [-0.25, -0.2) is 0 Å². The minimum absolute atomic E-state index is 0.123. The second-order valence-electron chi connectivity index (χ2n) is 5.27. The van der Waals surface area contributed by atoms with Crippen LogP contribution in [0.3, 0.4) is 0 Å². The topological polar surface area (TPSA) is 84.2 Å². The van der Waals surface area contributed by atoms with E-state index in [0.29, 0.717) is 21.5 Å². The summed E-state index contributed by atoms with van der Waals surface area (Å²) < 4.78 is 5.15. The zero-order valence-electron chi connectivity index (χ0n) is 13.3. The molecule has 1 aromatic carbocycles. The molecule has 0 aliphatic heterocycles. The van der Waals surface area contributed by atoms with Crippen LogP contribution in [0.25, 0.3) is 0 Å². The van der Waals surface area contributed by atoms with Gasteiger partial charge in [0.1, 0.15) is 11.5 Å². The first-order valence-electron chi connectivity index (χ1n) is 7.56. The molecule has 0 fully saturated rings. The first-order valence-corrected chi connectivity index (χ1v) is 8.31. The van der Waals surface area contributed by atoms with E-state index in [2.05, 4.69) is 15.6 Å². The van der Waals surface area contributed by atoms with E-state index in [4.69, 9.17) is 27.6 Å². The van der Waals surface area contributed by atoms with E-state index in [-0.39, 0.29) is 17.8 Å². The number of aromatic nitrogens is 1. The number of hydrogen-bond acceptors (Lipinski definition) is 4. The summed E-state index contributed by atoms with van der Waals surface area (Å²) in [5, 5.41) is 6.09. The highest BCUT2D eigenvalue weighted by atomic mass is 35.5. The number of rotatable bonds is 5. The van der Waals surface area contributed by atoms with Gasteiger partial charge < -0.3 is 15.1 Å². The number of amides is 2. The molecule has 0 spiro atoms. The Morgan fingerprint density at radius 3 is 2.62 bits per heavy atom. The molecule has 0 atom stereocenters. The third kappa shape index (κ3) is 4.41. The van der Waals surface area contributed by atoms with Gasteiger partial charge in [-0.3, -0.25) is 14.6 Å². The lowest BCUT2D eigenvalue weighted by Gasteiger charge is -2.08. The number of benzene rings is 1. The van der Waals surface area contributed by atoms with Crippen molar-refractivity contribution >= 4 is 40.7 Å². The number of furan rings is 1. The average molecular weight is 390 g/mol. The second-order valence-corrected chi connectivity index (χ2v) is 6.09. The van der Waals surface area contributed by atoms with Crippen LogP contribution in [0.2, 0.25) is 10.0 Å². The maximum Gasteiger partial charge on any atom is 0.270 e. The predicted octanol–water partition coefficient (Wildman–Crippen LogP) is 4.16. The van der Waals surface area contributed by atoms with Crippen LogP contribution in [-0.2, 0) is 6.54 Å². The molecule has 0 radical (unpaired) electrons. The normalized spacial score (nSPS) is 10.4. The van der Waals surface area contributed by atoms with Gasteiger partial charge >= 0.3 is 0 Å². The van der Waals surface area contributed by atoms with Crippen molar-refractivity contribution in [2.75, 3.05) is 5.32 Å². The molecule has 2 N–H and O–H groups in total. The standard InChI is InChI=1S/C18H13Cl2N3O3/c19-14-4-3-12(9-15(14)20)23-17(24)11-5-6-21-16(8-11)18(25)22-10-13-2-1-7-26-13/h1-9H,10H2,(H,22,25)(H,23,24). The Labute approximate surface area is 159 Å². The van der Waals surface area contributed by atoms with Crippen molar-refractivity contribution in [3.63, 3.8) is 0 Å². The number of pyridine rings is 1. The molecule has 26 heavy (non-hydrogen) atoms. The van der Waals surface area contributed by atoms with Gasteiger partial charge in [-0.05, 0) is 42.5 Å². The minimum atomic E-state index is -0.411. The van der Waals surface area contributed by atoms with Crippen LogP contribution >= 0.6 is 23.2 Å². The Kier molecular flexibility index (Phi) is 5.55. The number of nitrogens with one attached hydrogen (secondary N) is 2. The van der Waals surface area contributed by atoms with Crippen molar-refractivity contribution < 1.29 is 14.0 Å². The largest absolute Gasteiger partial charge is 0.467 e. The summed E-state index contributed by atoms with van der Waals surface area (Å²) in [6, 6.07) is 11.1. The molecule has 0 unspecified atom stereocenters. The Bertz CT molecular complexity index is 943. The lowest BCUT2D eigenvalue weighted by Crippen LogP contribution is -2.24. The Balaban J connectivity index is 1.68. The highest BCUT2D eigenvalue weighted by Gasteiger charge is 2.13. The van der Waals surface area contributed by atoms with Gasteiger partial charge in [0.05, 0.1) is 22.9 Å². The van der Waals surface area contributed by atoms with Gasteiger partial charge in [0.2, 0.25) is 0 Å². The Morgan fingerprint density at radius 1 is 1.04 bits per heavy atom. The van der Waals surface area contributed by atoms with E-state index < -0.39 is 11.8 Å². The lowest BCUT2D eigenvalue weighted by atomic mass is 10.2. The molecule has 0 bridgehead atoms. The molecule has 0 saturated carbocycles. The van der Waals surface area contributed by atoms with Crippen molar-refractivity contribution in [1.82, 2.24) is 10.3 Å². The first-order chi connectivity index (χ1) is 12.5. The molecule has 2 amide bonds. The molecule has 0 aliphatic carbocycles. The highest BCUT2D eigenvalue weighted by molar-refractivity contribution is 6.42. The van der Waals surface area contributed by atoms with Crippen LogP contribution in [0.5, 0.6) is 0 Å². The molecular formula is C18H13Cl2N3O3. The third-order valence-electron chi connectivity index (χ3n) is 3.44. The molecule has 132 valence electrons. The number of nitrogens with zero attached hydrogens (tertiary/aromatic N) is 1. The van der Waals surface area contributed by atoms with Crippen molar-refractivity contribution in [2.24, 2.45) is 0 Å². The zero-order chi connectivity index (χ0) is 18.5. The van der Waals surface area contributed by atoms with E-state index in [1.165, 1.54) is 24.6 Å². The first kappa shape index (κ1) is 18.0. The van der Waals surface area contributed by atoms with Gasteiger partial charge in [-0.15, -0.1) is 0 Å². The molecule has 0 saturated heterocycles. The fraction of sp³-hybridized carbons (Fsp3) is 0.0556. The molecule has 3 aromatic rings. The van der Waals surface area contributed by atoms with E-state index >= 15 is 0 Å². The summed E-state index contributed by atoms with van der Waals surface area (Å²) in [5.41, 5.74) is 0.901. The van der Waals surface area contributed by atoms with Crippen molar-refractivity contribution in [3.05, 3.63) is 82.0 Å². The Morgan fingerprint density at radius 2 is 1.88 bits per heavy atom. The number of halogens is 2. The SMILES string of the molecule is O=C(Nc1ccc(Cl)c(Cl)c1)c1ccnc(C(=O)NCc2ccco2)c1. The predicted molar refractivity (Wildman–Crippen MR) is 98.5 cm³/mol. The Hall–Kier alpha value is -2.83. The number of carbonyl (C=O) groups is 2. The zero-order valence-corrected chi connectivity index (χ0v) is 14.8. The minimum Gasteiger partial charge on any atom is -0.467 e. The molecular weight excluding hydrogens is 377 g/mol. The van der Waals surface area contributed by atoms with Crippen LogP contribution in [0.1, 0.15) is 26.6 Å². The van der Waals surface area contributed by atoms with Crippen molar-refractivity contribution in [3.8, 4) is 0 Å². The summed E-state index contributed by atoms with van der Waals surface area (Å²) in [7, 11) is 0. The maximum atomic E-state index is 12.4. The van der Waals surface area contributed by atoms with Crippen LogP contribution in [-0.4, -0.2) is 16.8 Å². The van der Waals surface area contributed by atoms with Gasteiger partial charge in [0, 0.05) is 17.4 Å². The van der Waals surface area contributed by atoms with Crippen LogP contribution in [0.15, 0.2) is 59.3 Å². The maximum absolute atomic E-state index is 12.4. The molecule has 6 nitrogen and oxygen atoms in total. The fourth-order valence-electron chi connectivity index (χ4n) is 2.14. The summed E-state index contributed by atoms with van der Waals surface area (Å²) >= 11 is 11.8. The van der Waals surface area contributed by atoms with Crippen molar-refractivity contribution in [2.45, 2.75) is 6.54 Å². The van der Waals surface area contributed by atoms with E-state index in [1.807, 2.05) is 0 Å². The van der Waals surface area contributed by atoms with Crippen LogP contribution in [0.4, 0.5) is 5.69 Å². The summed E-state index contributed by atoms with van der Waals surface area (Å²) in [4.78, 5) is 28.5. The van der Waals surface area contributed by atoms with E-state index in [9.17, 15) is 9.59 Å². The molecule has 2 aromatic heterocycles. The van der Waals surface area contributed by atoms with Gasteiger partial charge in [-0.1, -0.05) is 23.2 Å². The molecule has 0 aliphatic rings. The summed E-state index contributed by atoms with van der Waals surface area (Å²) in [6.07, 6.45) is 2.92. The van der Waals surface area contributed by atoms with E-state index in [1.54, 1.807) is 30.3 Å². The van der Waals surface area contributed by atoms with Crippen LogP contribution < -0.4 is 10.6 Å². The summed E-state index contributed by atoms with van der Waals surface area (Å²) in [5.74, 6) is -0.191. The fourth-order valence-corrected chi connectivity index (χ4v) is 2.44. The quantitative estimate of drug-likeness (QED) is 0.685. The van der Waals surface area contributed by atoms with Gasteiger partial charge in [0.25, 0.3) is 11.8 Å². The highest BCUT2D eigenvalue weighted by Crippen LogP contribution is 2.25. The van der Waals surface area contributed by atoms with Crippen molar-refractivity contribution in [1.29, 1.82) is 0 Å². The van der Waals surface area contributed by atoms with Gasteiger partial charge in [-0.2, -0.15) is 0 Å². The molecule has 8 heteroatoms. The van der Waals surface area contributed by atoms with Gasteiger partial charge in [0.15, 0.2) is 0 Å². The lowest BCUT2D eigenvalue weighted by molar-refractivity contribution is 0.0943. The average Bonchev–Trinajstić information content (AvgIpc) is 3.16.